The average molecular weight is 369 g/mol. The van der Waals surface area contributed by atoms with Crippen LogP contribution >= 0.6 is 0 Å². The van der Waals surface area contributed by atoms with Crippen molar-refractivity contribution in [3.8, 4) is 5.75 Å². The molecule has 0 spiro atoms. The van der Waals surface area contributed by atoms with E-state index in [9.17, 15) is 9.59 Å². The van der Waals surface area contributed by atoms with E-state index in [4.69, 9.17) is 4.74 Å². The lowest BCUT2D eigenvalue weighted by Gasteiger charge is -2.15. The molecular formula is C21H27N3O3. The summed E-state index contributed by atoms with van der Waals surface area (Å²) in [4.78, 5) is 25.8. The maximum atomic E-state index is 12.3. The Bertz CT molecular complexity index is 788. The van der Waals surface area contributed by atoms with Crippen LogP contribution in [0.2, 0.25) is 0 Å². The van der Waals surface area contributed by atoms with Gasteiger partial charge in [-0.05, 0) is 36.2 Å². The lowest BCUT2D eigenvalue weighted by Crippen LogP contribution is -2.23. The van der Waals surface area contributed by atoms with Crippen molar-refractivity contribution in [3.63, 3.8) is 0 Å². The molecule has 0 aliphatic rings. The number of nitrogens with one attached hydrogen (secondary N) is 2. The molecule has 0 atom stereocenters. The summed E-state index contributed by atoms with van der Waals surface area (Å²) in [7, 11) is 3.38. The SMILES string of the molecule is CC(C)COc1ccccc1NCC(=O)Nc1cccc(C(=O)N(C)C)c1. The summed E-state index contributed by atoms with van der Waals surface area (Å²) in [5.74, 6) is 0.819. The van der Waals surface area contributed by atoms with E-state index in [0.717, 1.165) is 11.4 Å². The minimum absolute atomic E-state index is 0.0912. The molecule has 6 heteroatoms. The lowest BCUT2D eigenvalue weighted by molar-refractivity contribution is -0.114. The summed E-state index contributed by atoms with van der Waals surface area (Å²) in [6.45, 7) is 4.86. The number of hydrogen-bond donors (Lipinski definition) is 2. The van der Waals surface area contributed by atoms with Gasteiger partial charge in [-0.25, -0.2) is 0 Å². The van der Waals surface area contributed by atoms with Gasteiger partial charge in [0.1, 0.15) is 5.75 Å². The van der Waals surface area contributed by atoms with Gasteiger partial charge >= 0.3 is 0 Å². The Morgan fingerprint density at radius 2 is 1.81 bits per heavy atom. The first kappa shape index (κ1) is 20.3. The lowest BCUT2D eigenvalue weighted by atomic mass is 10.2. The number of amides is 2. The number of nitrogens with zero attached hydrogens (tertiary/aromatic N) is 1. The molecule has 27 heavy (non-hydrogen) atoms. The summed E-state index contributed by atoms with van der Waals surface area (Å²) in [5, 5.41) is 5.90. The second-order valence-electron chi connectivity index (χ2n) is 6.88. The van der Waals surface area contributed by atoms with Crippen molar-refractivity contribution in [1.82, 2.24) is 4.90 Å². The molecule has 0 fully saturated rings. The maximum Gasteiger partial charge on any atom is 0.253 e. The van der Waals surface area contributed by atoms with E-state index in [-0.39, 0.29) is 18.4 Å². The van der Waals surface area contributed by atoms with Crippen LogP contribution in [0.4, 0.5) is 11.4 Å². The smallest absolute Gasteiger partial charge is 0.253 e. The molecule has 0 unspecified atom stereocenters. The molecule has 2 aromatic carbocycles. The molecule has 0 aliphatic carbocycles. The molecule has 0 bridgehead atoms. The maximum absolute atomic E-state index is 12.3. The molecule has 0 radical (unpaired) electrons. The molecular weight excluding hydrogens is 342 g/mol. The first-order chi connectivity index (χ1) is 12.9. The van der Waals surface area contributed by atoms with Gasteiger partial charge in [0.2, 0.25) is 5.91 Å². The number of carbonyl (C=O) groups excluding carboxylic acids is 2. The van der Waals surface area contributed by atoms with Crippen molar-refractivity contribution in [3.05, 3.63) is 54.1 Å². The highest BCUT2D eigenvalue weighted by Gasteiger charge is 2.10. The highest BCUT2D eigenvalue weighted by atomic mass is 16.5. The van der Waals surface area contributed by atoms with Crippen LogP contribution in [-0.2, 0) is 4.79 Å². The van der Waals surface area contributed by atoms with Gasteiger partial charge in [-0.3, -0.25) is 9.59 Å². The molecule has 0 saturated heterocycles. The summed E-state index contributed by atoms with van der Waals surface area (Å²) >= 11 is 0. The van der Waals surface area contributed by atoms with Crippen molar-refractivity contribution in [2.75, 3.05) is 37.9 Å². The zero-order valence-electron chi connectivity index (χ0n) is 16.3. The highest BCUT2D eigenvalue weighted by Crippen LogP contribution is 2.24. The van der Waals surface area contributed by atoms with Gasteiger partial charge < -0.3 is 20.3 Å². The van der Waals surface area contributed by atoms with Crippen LogP contribution in [0, 0.1) is 5.92 Å². The second kappa shape index (κ2) is 9.62. The number of ether oxygens (including phenoxy) is 1. The summed E-state index contributed by atoms with van der Waals surface area (Å²) in [6.07, 6.45) is 0. The van der Waals surface area contributed by atoms with Crippen LogP contribution in [0.5, 0.6) is 5.75 Å². The van der Waals surface area contributed by atoms with Gasteiger partial charge in [0.25, 0.3) is 5.91 Å². The number of carbonyl (C=O) groups is 2. The van der Waals surface area contributed by atoms with E-state index in [1.807, 2.05) is 24.3 Å². The minimum atomic E-state index is -0.205. The molecule has 0 saturated carbocycles. The van der Waals surface area contributed by atoms with Crippen molar-refractivity contribution in [2.45, 2.75) is 13.8 Å². The van der Waals surface area contributed by atoms with Crippen molar-refractivity contribution in [1.29, 1.82) is 0 Å². The summed E-state index contributed by atoms with van der Waals surface area (Å²) in [6, 6.07) is 14.4. The van der Waals surface area contributed by atoms with Gasteiger partial charge in [0, 0.05) is 25.3 Å². The van der Waals surface area contributed by atoms with Gasteiger partial charge in [-0.15, -0.1) is 0 Å². The van der Waals surface area contributed by atoms with E-state index in [1.54, 1.807) is 38.4 Å². The third-order valence-electron chi connectivity index (χ3n) is 3.70. The van der Waals surface area contributed by atoms with Crippen LogP contribution in [0.1, 0.15) is 24.2 Å². The van der Waals surface area contributed by atoms with Gasteiger partial charge in [-0.2, -0.15) is 0 Å². The van der Waals surface area contributed by atoms with E-state index in [1.165, 1.54) is 4.90 Å². The van der Waals surface area contributed by atoms with E-state index in [0.29, 0.717) is 23.8 Å². The standard InChI is InChI=1S/C21H27N3O3/c1-15(2)14-27-19-11-6-5-10-18(19)22-13-20(25)23-17-9-7-8-16(12-17)21(26)24(3)4/h5-12,15,22H,13-14H2,1-4H3,(H,23,25). The molecule has 2 aromatic rings. The molecule has 2 N–H and O–H groups in total. The Balaban J connectivity index is 1.96. The highest BCUT2D eigenvalue weighted by molar-refractivity contribution is 5.98. The summed E-state index contributed by atoms with van der Waals surface area (Å²) in [5.41, 5.74) is 1.88. The Kier molecular flexibility index (Phi) is 7.23. The monoisotopic (exact) mass is 369 g/mol. The van der Waals surface area contributed by atoms with Crippen molar-refractivity contribution < 1.29 is 14.3 Å². The first-order valence-corrected chi connectivity index (χ1v) is 8.94. The minimum Gasteiger partial charge on any atom is -0.491 e. The predicted octanol–water partition coefficient (Wildman–Crippen LogP) is 3.47. The molecule has 2 rings (SSSR count). The fourth-order valence-electron chi connectivity index (χ4n) is 2.36. The fraction of sp³-hybridized carbons (Fsp3) is 0.333. The van der Waals surface area contributed by atoms with Crippen LogP contribution in [-0.4, -0.2) is 44.0 Å². The van der Waals surface area contributed by atoms with E-state index >= 15 is 0 Å². The largest absolute Gasteiger partial charge is 0.491 e. The van der Waals surface area contributed by atoms with Crippen LogP contribution < -0.4 is 15.4 Å². The van der Waals surface area contributed by atoms with Crippen molar-refractivity contribution >= 4 is 23.2 Å². The Hall–Kier alpha value is -3.02. The molecule has 0 aromatic heterocycles. The second-order valence-corrected chi connectivity index (χ2v) is 6.88. The normalized spacial score (nSPS) is 10.4. The Morgan fingerprint density at radius 3 is 2.52 bits per heavy atom. The third-order valence-corrected chi connectivity index (χ3v) is 3.70. The molecule has 144 valence electrons. The molecule has 0 aliphatic heterocycles. The first-order valence-electron chi connectivity index (χ1n) is 8.94. The van der Waals surface area contributed by atoms with Crippen LogP contribution in [0.15, 0.2) is 48.5 Å². The van der Waals surface area contributed by atoms with E-state index < -0.39 is 0 Å². The predicted molar refractivity (Wildman–Crippen MR) is 108 cm³/mol. The quantitative estimate of drug-likeness (QED) is 0.747. The van der Waals surface area contributed by atoms with Crippen molar-refractivity contribution in [2.24, 2.45) is 5.92 Å². The van der Waals surface area contributed by atoms with E-state index in [2.05, 4.69) is 24.5 Å². The Morgan fingerprint density at radius 1 is 1.07 bits per heavy atom. The zero-order chi connectivity index (χ0) is 19.8. The number of hydrogen-bond acceptors (Lipinski definition) is 4. The van der Waals surface area contributed by atoms with Gasteiger partial charge in [0.15, 0.2) is 0 Å². The van der Waals surface area contributed by atoms with Gasteiger partial charge in [-0.1, -0.05) is 32.0 Å². The third kappa shape index (κ3) is 6.33. The molecule has 2 amide bonds. The number of anilines is 2. The number of para-hydroxylation sites is 2. The topological polar surface area (TPSA) is 70.7 Å². The van der Waals surface area contributed by atoms with Crippen LogP contribution in [0.3, 0.4) is 0 Å². The average Bonchev–Trinajstić information content (AvgIpc) is 2.64. The summed E-state index contributed by atoms with van der Waals surface area (Å²) < 4.78 is 5.78. The van der Waals surface area contributed by atoms with Crippen LogP contribution in [0.25, 0.3) is 0 Å². The Labute approximate surface area is 160 Å². The molecule has 0 heterocycles. The number of benzene rings is 2. The fourth-order valence-corrected chi connectivity index (χ4v) is 2.36. The zero-order valence-corrected chi connectivity index (χ0v) is 16.3. The van der Waals surface area contributed by atoms with Gasteiger partial charge in [0.05, 0.1) is 18.8 Å². The number of rotatable bonds is 8. The molecule has 6 nitrogen and oxygen atoms in total.